The lowest BCUT2D eigenvalue weighted by Gasteiger charge is -2.40. The number of pyridine rings is 1. The number of carbonyl (C=O) groups excluding carboxylic acids is 1. The monoisotopic (exact) mass is 698 g/mol. The fourth-order valence-electron chi connectivity index (χ4n) is 6.41. The van der Waals surface area contributed by atoms with Gasteiger partial charge in [0.15, 0.2) is 5.75 Å². The first-order valence-corrected chi connectivity index (χ1v) is 17.4. The third-order valence-corrected chi connectivity index (χ3v) is 9.78. The highest BCUT2D eigenvalue weighted by Crippen LogP contribution is 2.37. The van der Waals surface area contributed by atoms with Gasteiger partial charge in [0, 0.05) is 68.3 Å². The molecule has 2 N–H and O–H groups in total. The van der Waals surface area contributed by atoms with Crippen LogP contribution >= 0.6 is 34.8 Å². The van der Waals surface area contributed by atoms with Crippen molar-refractivity contribution >= 4 is 46.3 Å². The fourth-order valence-corrected chi connectivity index (χ4v) is 7.30. The lowest BCUT2D eigenvalue weighted by atomic mass is 9.84. The first-order chi connectivity index (χ1) is 22.8. The van der Waals surface area contributed by atoms with E-state index in [1.807, 2.05) is 48.4 Å². The summed E-state index contributed by atoms with van der Waals surface area (Å²) < 4.78 is 16.9. The van der Waals surface area contributed by atoms with E-state index >= 15 is 0 Å². The summed E-state index contributed by atoms with van der Waals surface area (Å²) in [7, 11) is 1.72. The van der Waals surface area contributed by atoms with Crippen LogP contribution in [0.4, 0.5) is 0 Å². The van der Waals surface area contributed by atoms with Crippen molar-refractivity contribution in [2.75, 3.05) is 40.0 Å². The summed E-state index contributed by atoms with van der Waals surface area (Å²) in [6.45, 7) is 5.18. The predicted octanol–water partition coefficient (Wildman–Crippen LogP) is 6.67. The molecule has 2 bridgehead atoms. The zero-order valence-electron chi connectivity index (χ0n) is 26.8. The highest BCUT2D eigenvalue weighted by Gasteiger charge is 2.41. The van der Waals surface area contributed by atoms with Gasteiger partial charge >= 0.3 is 0 Å². The highest BCUT2D eigenvalue weighted by atomic mass is 35.5. The van der Waals surface area contributed by atoms with Crippen LogP contribution in [0.5, 0.6) is 11.6 Å². The van der Waals surface area contributed by atoms with Gasteiger partial charge < -0.3 is 29.7 Å². The number of hydrogen-bond donors (Lipinski definition) is 2. The van der Waals surface area contributed by atoms with Crippen LogP contribution in [0.1, 0.15) is 47.9 Å². The van der Waals surface area contributed by atoms with Crippen molar-refractivity contribution in [3.8, 4) is 11.6 Å². The number of aromatic nitrogens is 1. The molecular weight excluding hydrogens is 659 g/mol. The van der Waals surface area contributed by atoms with Gasteiger partial charge in [-0.05, 0) is 91.1 Å². The van der Waals surface area contributed by atoms with Crippen LogP contribution in [0.15, 0.2) is 54.2 Å². The van der Waals surface area contributed by atoms with Gasteiger partial charge in [-0.3, -0.25) is 4.79 Å². The summed E-state index contributed by atoms with van der Waals surface area (Å²) in [5, 5.41) is 8.83. The molecule has 8 nitrogen and oxygen atoms in total. The van der Waals surface area contributed by atoms with Gasteiger partial charge in [-0.15, -0.1) is 0 Å². The predicted molar refractivity (Wildman–Crippen MR) is 187 cm³/mol. The normalized spacial score (nSPS) is 19.1. The van der Waals surface area contributed by atoms with Crippen LogP contribution in [0.3, 0.4) is 0 Å². The molecular formula is C36H41Cl3N4O4. The van der Waals surface area contributed by atoms with E-state index in [0.717, 1.165) is 66.5 Å². The van der Waals surface area contributed by atoms with Crippen molar-refractivity contribution in [2.24, 2.45) is 0 Å². The van der Waals surface area contributed by atoms with Gasteiger partial charge in [0.25, 0.3) is 5.91 Å². The number of ether oxygens (including phenoxy) is 3. The zero-order chi connectivity index (χ0) is 32.9. The average molecular weight is 700 g/mol. The van der Waals surface area contributed by atoms with Crippen molar-refractivity contribution in [1.29, 1.82) is 0 Å². The third kappa shape index (κ3) is 8.42. The van der Waals surface area contributed by atoms with Crippen molar-refractivity contribution in [3.63, 3.8) is 0 Å². The Labute approximate surface area is 291 Å². The van der Waals surface area contributed by atoms with E-state index in [1.54, 1.807) is 7.11 Å². The lowest BCUT2D eigenvalue weighted by Crippen LogP contribution is -2.60. The maximum Gasteiger partial charge on any atom is 0.252 e. The Hall–Kier alpha value is -2.85. The Bertz CT molecular complexity index is 1590. The zero-order valence-corrected chi connectivity index (χ0v) is 29.1. The first kappa shape index (κ1) is 34.0. The van der Waals surface area contributed by atoms with E-state index in [0.29, 0.717) is 46.4 Å². The summed E-state index contributed by atoms with van der Waals surface area (Å²) in [6.07, 6.45) is 6.37. The molecule has 1 saturated heterocycles. The largest absolute Gasteiger partial charge is 0.487 e. The molecule has 2 aromatic carbocycles. The van der Waals surface area contributed by atoms with Crippen LogP contribution in [0.25, 0.3) is 5.57 Å². The standard InChI is InChI=1S/C36H41Cl3N4O4/c1-22-14-30(38)35(31(39)15-22)47-13-12-46-33-10-6-24(18-41-33)28-17-26-19-40-20-32(42-26)34(28)36(44)43(27-7-8-27)21-25-16-23(4-3-11-45-2)5-9-29(25)37/h5-6,9-10,14-16,18,26-27,32,40,42H,3-4,7-8,11-13,17,19-21H2,1-2H3/t26-,32+/m0/s1. The maximum absolute atomic E-state index is 14.6. The number of aryl methyl sites for hydroxylation is 2. The highest BCUT2D eigenvalue weighted by molar-refractivity contribution is 6.37. The number of benzene rings is 2. The number of nitrogens with zero attached hydrogens (tertiary/aromatic N) is 2. The van der Waals surface area contributed by atoms with Gasteiger partial charge in [0.2, 0.25) is 5.88 Å². The second-order valence-electron chi connectivity index (χ2n) is 12.5. The second kappa shape index (κ2) is 15.6. The number of amides is 1. The summed E-state index contributed by atoms with van der Waals surface area (Å²) in [5.41, 5.74) is 5.93. The van der Waals surface area contributed by atoms with Crippen LogP contribution in [-0.4, -0.2) is 73.9 Å². The van der Waals surface area contributed by atoms with Crippen molar-refractivity contribution in [2.45, 2.75) is 63.7 Å². The number of methoxy groups -OCH3 is 1. The Balaban J connectivity index is 1.18. The van der Waals surface area contributed by atoms with Crippen molar-refractivity contribution in [3.05, 3.63) is 91.6 Å². The molecule has 1 aromatic heterocycles. The second-order valence-corrected chi connectivity index (χ2v) is 13.7. The summed E-state index contributed by atoms with van der Waals surface area (Å²) in [6, 6.07) is 14.0. The number of nitrogens with one attached hydrogen (secondary N) is 2. The maximum atomic E-state index is 14.6. The average Bonchev–Trinajstić information content (AvgIpc) is 3.90. The summed E-state index contributed by atoms with van der Waals surface area (Å²) >= 11 is 19.3. The minimum atomic E-state index is -0.0874. The van der Waals surface area contributed by atoms with E-state index in [-0.39, 0.29) is 37.2 Å². The number of hydrogen-bond acceptors (Lipinski definition) is 7. The molecule has 3 aliphatic rings. The molecule has 11 heteroatoms. The molecule has 2 atom stereocenters. The molecule has 0 radical (unpaired) electrons. The number of rotatable bonds is 14. The molecule has 250 valence electrons. The van der Waals surface area contributed by atoms with E-state index in [2.05, 4.69) is 27.8 Å². The summed E-state index contributed by atoms with van der Waals surface area (Å²) in [5.74, 6) is 0.981. The molecule has 1 saturated carbocycles. The lowest BCUT2D eigenvalue weighted by molar-refractivity contribution is -0.128. The van der Waals surface area contributed by atoms with E-state index in [9.17, 15) is 4.79 Å². The van der Waals surface area contributed by atoms with Crippen molar-refractivity contribution in [1.82, 2.24) is 20.5 Å². The van der Waals surface area contributed by atoms with E-state index in [4.69, 9.17) is 49.0 Å². The molecule has 2 fully saturated rings. The third-order valence-electron chi connectivity index (χ3n) is 8.85. The minimum Gasteiger partial charge on any atom is -0.487 e. The Morgan fingerprint density at radius 2 is 1.77 bits per heavy atom. The minimum absolute atomic E-state index is 0.0638. The Morgan fingerprint density at radius 1 is 0.979 bits per heavy atom. The van der Waals surface area contributed by atoms with Gasteiger partial charge in [-0.25, -0.2) is 4.98 Å². The Kier molecular flexibility index (Phi) is 11.3. The molecule has 47 heavy (non-hydrogen) atoms. The number of carbonyl (C=O) groups is 1. The quantitative estimate of drug-likeness (QED) is 0.182. The number of piperazine rings is 1. The van der Waals surface area contributed by atoms with Gasteiger partial charge in [0.1, 0.15) is 13.2 Å². The fraction of sp³-hybridized carbons (Fsp3) is 0.444. The molecule has 1 aliphatic carbocycles. The van der Waals surface area contributed by atoms with Crippen LogP contribution in [-0.2, 0) is 22.5 Å². The van der Waals surface area contributed by atoms with Crippen LogP contribution < -0.4 is 20.1 Å². The van der Waals surface area contributed by atoms with Crippen LogP contribution in [0, 0.1) is 6.92 Å². The molecule has 0 unspecified atom stereocenters. The van der Waals surface area contributed by atoms with Crippen molar-refractivity contribution < 1.29 is 19.0 Å². The molecule has 1 amide bonds. The Morgan fingerprint density at radius 3 is 2.49 bits per heavy atom. The SMILES string of the molecule is COCCCc1ccc(Cl)c(CN(C(=O)C2=C(c3ccc(OCCOc4c(Cl)cc(C)cc4Cl)nc3)C[C@H]3CNC[C@H]2N3)C2CC2)c1. The molecule has 3 aromatic rings. The van der Waals surface area contributed by atoms with Gasteiger partial charge in [0.05, 0.1) is 16.1 Å². The summed E-state index contributed by atoms with van der Waals surface area (Å²) in [4.78, 5) is 21.2. The molecule has 3 heterocycles. The molecule has 0 spiro atoms. The number of fused-ring (bicyclic) bond motifs is 2. The van der Waals surface area contributed by atoms with E-state index in [1.165, 1.54) is 5.56 Å². The molecule has 6 rings (SSSR count). The van der Waals surface area contributed by atoms with E-state index < -0.39 is 0 Å². The molecule has 2 aliphatic heterocycles. The van der Waals surface area contributed by atoms with Crippen LogP contribution in [0.2, 0.25) is 15.1 Å². The first-order valence-electron chi connectivity index (χ1n) is 16.3. The topological polar surface area (TPSA) is 85.0 Å². The van der Waals surface area contributed by atoms with Gasteiger partial charge in [-0.1, -0.05) is 46.9 Å². The number of halogens is 3. The van der Waals surface area contributed by atoms with Gasteiger partial charge in [-0.2, -0.15) is 0 Å². The smallest absolute Gasteiger partial charge is 0.252 e.